The normalized spacial score (nSPS) is 11.3. The summed E-state index contributed by atoms with van der Waals surface area (Å²) >= 11 is 0. The first-order chi connectivity index (χ1) is 13.9. The van der Waals surface area contributed by atoms with Crippen LogP contribution in [-0.2, 0) is 20.9 Å². The molecule has 0 aliphatic heterocycles. The van der Waals surface area contributed by atoms with Gasteiger partial charge in [-0.15, -0.1) is 0 Å². The van der Waals surface area contributed by atoms with E-state index in [0.29, 0.717) is 11.5 Å². The molecular formula is C22H27NO6. The highest BCUT2D eigenvalue weighted by molar-refractivity contribution is 5.83. The number of carbonyl (C=O) groups is 2. The van der Waals surface area contributed by atoms with E-state index in [1.807, 2.05) is 37.3 Å². The van der Waals surface area contributed by atoms with Crippen LogP contribution in [0.1, 0.15) is 24.5 Å². The van der Waals surface area contributed by atoms with Crippen molar-refractivity contribution >= 4 is 11.9 Å². The number of aryl methyl sites for hydroxylation is 1. The van der Waals surface area contributed by atoms with Crippen LogP contribution in [0.3, 0.4) is 0 Å². The maximum absolute atomic E-state index is 12.2. The van der Waals surface area contributed by atoms with Crippen LogP contribution < -0.4 is 19.5 Å². The number of methoxy groups -OCH3 is 2. The summed E-state index contributed by atoms with van der Waals surface area (Å²) in [7, 11) is 3.10. The van der Waals surface area contributed by atoms with E-state index >= 15 is 0 Å². The molecule has 2 rings (SSSR count). The van der Waals surface area contributed by atoms with E-state index in [1.165, 1.54) is 6.92 Å². The van der Waals surface area contributed by atoms with Crippen molar-refractivity contribution in [3.8, 4) is 17.2 Å². The maximum atomic E-state index is 12.2. The van der Waals surface area contributed by atoms with Crippen molar-refractivity contribution in [2.45, 2.75) is 32.9 Å². The molecule has 0 radical (unpaired) electrons. The number of nitrogens with one attached hydrogen (secondary N) is 1. The largest absolute Gasteiger partial charge is 0.493 e. The second kappa shape index (κ2) is 10.9. The fraction of sp³-hybridized carbons (Fsp3) is 0.364. The summed E-state index contributed by atoms with van der Waals surface area (Å²) in [5.74, 6) is 1.03. The quantitative estimate of drug-likeness (QED) is 0.616. The monoisotopic (exact) mass is 401 g/mol. The van der Waals surface area contributed by atoms with Gasteiger partial charge in [0.1, 0.15) is 5.75 Å². The van der Waals surface area contributed by atoms with Crippen molar-refractivity contribution in [3.63, 3.8) is 0 Å². The maximum Gasteiger partial charge on any atom is 0.310 e. The molecule has 0 heterocycles. The van der Waals surface area contributed by atoms with Gasteiger partial charge in [-0.25, -0.2) is 0 Å². The fourth-order valence-corrected chi connectivity index (χ4v) is 2.60. The zero-order valence-electron chi connectivity index (χ0n) is 17.2. The third-order valence-electron chi connectivity index (χ3n) is 4.25. The van der Waals surface area contributed by atoms with Crippen molar-refractivity contribution in [1.29, 1.82) is 0 Å². The molecule has 0 aromatic heterocycles. The summed E-state index contributed by atoms with van der Waals surface area (Å²) < 4.78 is 21.2. The van der Waals surface area contributed by atoms with Crippen LogP contribution in [0, 0.1) is 6.92 Å². The number of hydrogen-bond acceptors (Lipinski definition) is 6. The van der Waals surface area contributed by atoms with Gasteiger partial charge in [-0.1, -0.05) is 24.3 Å². The minimum absolute atomic E-state index is 0.0572. The van der Waals surface area contributed by atoms with Gasteiger partial charge in [-0.05, 0) is 43.2 Å². The van der Waals surface area contributed by atoms with Gasteiger partial charge >= 0.3 is 5.97 Å². The molecule has 1 amide bonds. The lowest BCUT2D eigenvalue weighted by atomic mass is 10.2. The lowest BCUT2D eigenvalue weighted by molar-refractivity contribution is -0.155. The van der Waals surface area contributed by atoms with Crippen molar-refractivity contribution in [3.05, 3.63) is 53.6 Å². The van der Waals surface area contributed by atoms with E-state index in [0.717, 1.165) is 16.9 Å². The number of ether oxygens (including phenoxy) is 4. The van der Waals surface area contributed by atoms with Gasteiger partial charge in [0, 0.05) is 6.54 Å². The topological polar surface area (TPSA) is 83.1 Å². The summed E-state index contributed by atoms with van der Waals surface area (Å²) in [4.78, 5) is 24.1. The van der Waals surface area contributed by atoms with Crippen LogP contribution in [0.5, 0.6) is 17.2 Å². The molecule has 0 saturated heterocycles. The summed E-state index contributed by atoms with van der Waals surface area (Å²) in [6.07, 6.45) is -0.845. The second-order valence-electron chi connectivity index (χ2n) is 6.40. The van der Waals surface area contributed by atoms with Crippen molar-refractivity contribution in [2.24, 2.45) is 0 Å². The fourth-order valence-electron chi connectivity index (χ4n) is 2.60. The Labute approximate surface area is 170 Å². The first-order valence-corrected chi connectivity index (χ1v) is 9.31. The number of carbonyl (C=O) groups excluding carboxylic acids is 2. The Balaban J connectivity index is 1.75. The van der Waals surface area contributed by atoms with Crippen molar-refractivity contribution in [2.75, 3.05) is 20.8 Å². The Kier molecular flexibility index (Phi) is 8.33. The number of amides is 1. The average molecular weight is 401 g/mol. The minimum Gasteiger partial charge on any atom is -0.493 e. The molecule has 1 atom stereocenters. The standard InChI is InChI=1S/C22H27NO6/c1-15-7-5-6-8-18(15)28-12-11-21(24)29-16(2)22(25)23-14-17-9-10-19(26-3)20(13-17)27-4/h5-10,13,16H,11-12,14H2,1-4H3,(H,23,25)/t16-/m1/s1. The highest BCUT2D eigenvalue weighted by atomic mass is 16.6. The predicted molar refractivity (Wildman–Crippen MR) is 108 cm³/mol. The zero-order chi connectivity index (χ0) is 21.2. The molecule has 0 unspecified atom stereocenters. The number of esters is 1. The number of para-hydroxylation sites is 1. The third-order valence-corrected chi connectivity index (χ3v) is 4.25. The minimum atomic E-state index is -0.902. The average Bonchev–Trinajstić information content (AvgIpc) is 2.73. The molecule has 0 spiro atoms. The summed E-state index contributed by atoms with van der Waals surface area (Å²) in [6, 6.07) is 12.9. The molecule has 0 bridgehead atoms. The van der Waals surface area contributed by atoms with E-state index in [9.17, 15) is 9.59 Å². The highest BCUT2D eigenvalue weighted by Gasteiger charge is 2.18. The molecule has 156 valence electrons. The van der Waals surface area contributed by atoms with Gasteiger partial charge in [-0.2, -0.15) is 0 Å². The molecule has 2 aromatic carbocycles. The predicted octanol–water partition coefficient (Wildman–Crippen LogP) is 3.03. The lowest BCUT2D eigenvalue weighted by Crippen LogP contribution is -2.35. The van der Waals surface area contributed by atoms with Crippen LogP contribution in [0.2, 0.25) is 0 Å². The van der Waals surface area contributed by atoms with Crippen LogP contribution in [-0.4, -0.2) is 38.8 Å². The van der Waals surface area contributed by atoms with Gasteiger partial charge < -0.3 is 24.3 Å². The smallest absolute Gasteiger partial charge is 0.310 e. The van der Waals surface area contributed by atoms with Crippen LogP contribution in [0.25, 0.3) is 0 Å². The zero-order valence-corrected chi connectivity index (χ0v) is 17.2. The van der Waals surface area contributed by atoms with E-state index in [2.05, 4.69) is 5.32 Å². The highest BCUT2D eigenvalue weighted by Crippen LogP contribution is 2.27. The molecule has 29 heavy (non-hydrogen) atoms. The Morgan fingerprint density at radius 3 is 2.41 bits per heavy atom. The molecule has 2 aromatic rings. The molecular weight excluding hydrogens is 374 g/mol. The number of rotatable bonds is 10. The van der Waals surface area contributed by atoms with E-state index in [1.54, 1.807) is 26.4 Å². The second-order valence-corrected chi connectivity index (χ2v) is 6.40. The SMILES string of the molecule is COc1ccc(CNC(=O)[C@@H](C)OC(=O)CCOc2ccccc2C)cc1OC. The van der Waals surface area contributed by atoms with Gasteiger partial charge in [0.05, 0.1) is 27.2 Å². The Bertz CT molecular complexity index is 836. The first kappa shape index (κ1) is 22.1. The lowest BCUT2D eigenvalue weighted by Gasteiger charge is -2.15. The molecule has 0 fully saturated rings. The molecule has 7 nitrogen and oxygen atoms in total. The van der Waals surface area contributed by atoms with E-state index < -0.39 is 12.1 Å². The Morgan fingerprint density at radius 2 is 1.72 bits per heavy atom. The molecule has 0 aliphatic rings. The summed E-state index contributed by atoms with van der Waals surface area (Å²) in [5.41, 5.74) is 1.82. The molecule has 7 heteroatoms. The van der Waals surface area contributed by atoms with Gasteiger partial charge in [0.2, 0.25) is 0 Å². The third kappa shape index (κ3) is 6.71. The van der Waals surface area contributed by atoms with Crippen LogP contribution >= 0.6 is 0 Å². The summed E-state index contributed by atoms with van der Waals surface area (Å²) in [6.45, 7) is 3.92. The first-order valence-electron chi connectivity index (χ1n) is 9.31. The van der Waals surface area contributed by atoms with Gasteiger partial charge in [0.15, 0.2) is 17.6 Å². The molecule has 0 saturated carbocycles. The van der Waals surface area contributed by atoms with E-state index in [4.69, 9.17) is 18.9 Å². The van der Waals surface area contributed by atoms with E-state index in [-0.39, 0.29) is 25.5 Å². The summed E-state index contributed by atoms with van der Waals surface area (Å²) in [5, 5.41) is 2.74. The molecule has 1 N–H and O–H groups in total. The Hall–Kier alpha value is -3.22. The van der Waals surface area contributed by atoms with Crippen molar-refractivity contribution in [1.82, 2.24) is 5.32 Å². The number of hydrogen-bond donors (Lipinski definition) is 1. The molecule has 0 aliphatic carbocycles. The Morgan fingerprint density at radius 1 is 1.00 bits per heavy atom. The van der Waals surface area contributed by atoms with Crippen LogP contribution in [0.4, 0.5) is 0 Å². The van der Waals surface area contributed by atoms with Crippen LogP contribution in [0.15, 0.2) is 42.5 Å². The number of benzene rings is 2. The van der Waals surface area contributed by atoms with Crippen molar-refractivity contribution < 1.29 is 28.5 Å². The van der Waals surface area contributed by atoms with Gasteiger partial charge in [0.25, 0.3) is 5.91 Å². The van der Waals surface area contributed by atoms with Gasteiger partial charge in [-0.3, -0.25) is 9.59 Å².